The van der Waals surface area contributed by atoms with Crippen LogP contribution in [-0.2, 0) is 31.0 Å². The monoisotopic (exact) mass is 527 g/mol. The lowest BCUT2D eigenvalue weighted by molar-refractivity contribution is 0.0524. The minimum Gasteiger partial charge on any atom is -0.444 e. The molecule has 1 amide bonds. The van der Waals surface area contributed by atoms with E-state index in [9.17, 15) is 21.6 Å². The maximum absolute atomic E-state index is 13.3. The van der Waals surface area contributed by atoms with E-state index in [4.69, 9.17) is 4.74 Å². The first kappa shape index (κ1) is 27.1. The first-order valence-electron chi connectivity index (χ1n) is 10.1. The molecule has 2 rings (SSSR count). The van der Waals surface area contributed by atoms with E-state index in [1.165, 1.54) is 18.2 Å². The Hall–Kier alpha value is -2.13. The fourth-order valence-electron chi connectivity index (χ4n) is 2.46. The molecule has 0 bridgehead atoms. The summed E-state index contributed by atoms with van der Waals surface area (Å²) < 4.78 is 56.1. The van der Waals surface area contributed by atoms with E-state index < -0.39 is 39.4 Å². The lowest BCUT2D eigenvalue weighted by Crippen LogP contribution is -2.31. The summed E-state index contributed by atoms with van der Waals surface area (Å²) in [6, 6.07) is 6.98. The van der Waals surface area contributed by atoms with Crippen LogP contribution in [0.15, 0.2) is 44.3 Å². The summed E-state index contributed by atoms with van der Waals surface area (Å²) in [5, 5.41) is 2.59. The summed E-state index contributed by atoms with van der Waals surface area (Å²) in [6.07, 6.45) is 0.423. The highest BCUT2D eigenvalue weighted by molar-refractivity contribution is 7.93. The van der Waals surface area contributed by atoms with Crippen molar-refractivity contribution in [1.29, 1.82) is 0 Å². The fraction of sp³-hybridized carbons (Fsp3) is 0.409. The number of benzene rings is 1. The van der Waals surface area contributed by atoms with Crippen LogP contribution in [0.3, 0.4) is 0 Å². The second kappa shape index (κ2) is 9.62. The highest BCUT2D eigenvalue weighted by Crippen LogP contribution is 2.30. The van der Waals surface area contributed by atoms with Gasteiger partial charge in [0.15, 0.2) is 9.84 Å². The van der Waals surface area contributed by atoms with Crippen LogP contribution in [0.2, 0.25) is 19.6 Å². The Labute approximate surface area is 201 Å². The van der Waals surface area contributed by atoms with Crippen molar-refractivity contribution in [1.82, 2.24) is 5.32 Å². The molecule has 0 aliphatic carbocycles. The number of carbonyl (C=O) groups is 1. The zero-order chi connectivity index (χ0) is 25.2. The molecule has 0 saturated carbocycles. The van der Waals surface area contributed by atoms with Gasteiger partial charge in [-0.05, 0) is 51.1 Å². The summed E-state index contributed by atoms with van der Waals surface area (Å²) in [7, 11) is -9.41. The van der Waals surface area contributed by atoms with Gasteiger partial charge in [0.25, 0.3) is 0 Å². The van der Waals surface area contributed by atoms with Crippen LogP contribution in [0, 0.1) is 11.5 Å². The predicted octanol–water partition coefficient (Wildman–Crippen LogP) is 4.24. The van der Waals surface area contributed by atoms with Crippen molar-refractivity contribution in [3.63, 3.8) is 0 Å². The van der Waals surface area contributed by atoms with Gasteiger partial charge in [-0.2, -0.15) is 0 Å². The normalized spacial score (nSPS) is 12.6. The van der Waals surface area contributed by atoms with E-state index in [0.717, 1.165) is 23.7 Å². The van der Waals surface area contributed by atoms with Crippen molar-refractivity contribution in [2.24, 2.45) is 0 Å². The van der Waals surface area contributed by atoms with Crippen LogP contribution in [-0.4, -0.2) is 42.9 Å². The molecule has 7 nitrogen and oxygen atoms in total. The van der Waals surface area contributed by atoms with Gasteiger partial charge in [-0.1, -0.05) is 25.6 Å². The van der Waals surface area contributed by atoms with Gasteiger partial charge in [0.2, 0.25) is 9.84 Å². The molecule has 11 heteroatoms. The van der Waals surface area contributed by atoms with Crippen molar-refractivity contribution in [2.45, 2.75) is 66.6 Å². The van der Waals surface area contributed by atoms with Crippen LogP contribution < -0.4 is 5.32 Å². The molecule has 33 heavy (non-hydrogen) atoms. The Bertz CT molecular complexity index is 1320. The number of nitrogens with one attached hydrogen (secondary N) is 1. The van der Waals surface area contributed by atoms with Gasteiger partial charge in [0.1, 0.15) is 17.9 Å². The number of alkyl carbamates (subject to hydrolysis) is 1. The largest absolute Gasteiger partial charge is 0.444 e. The summed E-state index contributed by atoms with van der Waals surface area (Å²) in [5.74, 6) is 2.94. The van der Waals surface area contributed by atoms with E-state index in [1.807, 2.05) is 19.6 Å². The lowest BCUT2D eigenvalue weighted by atomic mass is 10.2. The zero-order valence-electron chi connectivity index (χ0n) is 19.8. The summed E-state index contributed by atoms with van der Waals surface area (Å²) in [6.45, 7) is 11.5. The topological polar surface area (TPSA) is 107 Å². The summed E-state index contributed by atoms with van der Waals surface area (Å²) in [5.41, 5.74) is 2.82. The van der Waals surface area contributed by atoms with Gasteiger partial charge in [0, 0.05) is 16.7 Å². The maximum Gasteiger partial charge on any atom is 0.407 e. The van der Waals surface area contributed by atoms with Gasteiger partial charge in [0.05, 0.1) is 16.3 Å². The Morgan fingerprint density at radius 3 is 2.21 bits per heavy atom. The summed E-state index contributed by atoms with van der Waals surface area (Å²) in [4.78, 5) is 12.2. The van der Waals surface area contributed by atoms with E-state index in [2.05, 4.69) is 16.8 Å². The van der Waals surface area contributed by atoms with E-state index in [-0.39, 0.29) is 20.5 Å². The number of carbonyl (C=O) groups excluding carboxylic acids is 1. The maximum atomic E-state index is 13.3. The van der Waals surface area contributed by atoms with Crippen molar-refractivity contribution in [2.75, 3.05) is 6.26 Å². The number of sulfone groups is 2. The molecule has 0 radical (unpaired) electrons. The molecule has 0 saturated heterocycles. The smallest absolute Gasteiger partial charge is 0.407 e. The molecular weight excluding hydrogens is 499 g/mol. The van der Waals surface area contributed by atoms with Crippen LogP contribution >= 0.6 is 11.3 Å². The molecule has 1 aromatic carbocycles. The third-order valence-electron chi connectivity index (χ3n) is 3.91. The van der Waals surface area contributed by atoms with E-state index in [0.29, 0.717) is 10.4 Å². The Balaban J connectivity index is 2.40. The van der Waals surface area contributed by atoms with Gasteiger partial charge in [-0.15, -0.1) is 16.9 Å². The molecule has 0 atom stereocenters. The van der Waals surface area contributed by atoms with Crippen molar-refractivity contribution >= 4 is 45.2 Å². The number of thiophene rings is 1. The Morgan fingerprint density at radius 1 is 1.06 bits per heavy atom. The van der Waals surface area contributed by atoms with E-state index >= 15 is 0 Å². The molecule has 0 unspecified atom stereocenters. The SMILES string of the molecule is CC(C)(C)OC(=O)NCc1ccc(S(=O)(=O)c2cc(C#C[Si](C)(C)C)cc(S(C)(=O)=O)c2)s1. The van der Waals surface area contributed by atoms with Crippen molar-refractivity contribution in [3.8, 4) is 11.5 Å². The van der Waals surface area contributed by atoms with Crippen molar-refractivity contribution < 1.29 is 26.4 Å². The molecular formula is C22H29NO6S3Si. The summed E-state index contributed by atoms with van der Waals surface area (Å²) >= 11 is 0.995. The molecule has 1 N–H and O–H groups in total. The Kier molecular flexibility index (Phi) is 7.90. The van der Waals surface area contributed by atoms with Crippen LogP contribution in [0.1, 0.15) is 31.2 Å². The second-order valence-corrected chi connectivity index (χ2v) is 19.7. The van der Waals surface area contributed by atoms with Gasteiger partial charge < -0.3 is 10.1 Å². The molecule has 1 heterocycles. The molecule has 0 aliphatic rings. The minimum absolute atomic E-state index is 0.0400. The standard InChI is InChI=1S/C22H29NO6S3Si/c1-22(2,3)29-21(24)23-15-17-8-9-20(30-17)32(27,28)19-13-16(10-11-33(5,6)7)12-18(14-19)31(4,25)26/h8-9,12-14H,15H2,1-7H3,(H,23,24). The molecule has 0 aliphatic heterocycles. The third-order valence-corrected chi connectivity index (χ3v) is 9.19. The van der Waals surface area contributed by atoms with Crippen molar-refractivity contribution in [3.05, 3.63) is 40.8 Å². The molecule has 0 spiro atoms. The van der Waals surface area contributed by atoms with Gasteiger partial charge in [-0.25, -0.2) is 21.6 Å². The molecule has 2 aromatic rings. The zero-order valence-corrected chi connectivity index (χ0v) is 23.2. The van der Waals surface area contributed by atoms with Crippen LogP contribution in [0.25, 0.3) is 0 Å². The predicted molar refractivity (Wildman–Crippen MR) is 133 cm³/mol. The van der Waals surface area contributed by atoms with Crippen LogP contribution in [0.4, 0.5) is 4.79 Å². The number of hydrogen-bond donors (Lipinski definition) is 1. The average Bonchev–Trinajstić information content (AvgIpc) is 3.12. The highest BCUT2D eigenvalue weighted by atomic mass is 32.2. The first-order chi connectivity index (χ1) is 14.9. The quantitative estimate of drug-likeness (QED) is 0.460. The van der Waals surface area contributed by atoms with Gasteiger partial charge in [-0.3, -0.25) is 0 Å². The lowest BCUT2D eigenvalue weighted by Gasteiger charge is -2.19. The fourth-order valence-corrected chi connectivity index (χ4v) is 6.50. The second-order valence-electron chi connectivity index (χ2n) is 9.54. The number of rotatable bonds is 5. The van der Waals surface area contributed by atoms with E-state index in [1.54, 1.807) is 26.8 Å². The third kappa shape index (κ3) is 8.30. The minimum atomic E-state index is -3.99. The molecule has 1 aromatic heterocycles. The Morgan fingerprint density at radius 2 is 1.67 bits per heavy atom. The molecule has 180 valence electrons. The van der Waals surface area contributed by atoms with Crippen LogP contribution in [0.5, 0.6) is 0 Å². The number of ether oxygens (including phenoxy) is 1. The molecule has 0 fully saturated rings. The number of amides is 1. The number of hydrogen-bond acceptors (Lipinski definition) is 7. The average molecular weight is 528 g/mol. The highest BCUT2D eigenvalue weighted by Gasteiger charge is 2.24. The van der Waals surface area contributed by atoms with Gasteiger partial charge >= 0.3 is 6.09 Å². The first-order valence-corrected chi connectivity index (χ1v) is 17.7.